The third kappa shape index (κ3) is 3.91. The van der Waals surface area contributed by atoms with Crippen LogP contribution in [-0.4, -0.2) is 33.4 Å². The monoisotopic (exact) mass is 398 g/mol. The lowest BCUT2D eigenvalue weighted by molar-refractivity contribution is 0.592. The largest absolute Gasteiger partial charge is 0.274 e. The Hall–Kier alpha value is -3.53. The minimum Gasteiger partial charge on any atom is -0.274 e. The Morgan fingerprint density at radius 3 is 2.71 bits per heavy atom. The molecule has 0 saturated heterocycles. The number of halogens is 1. The third-order valence-electron chi connectivity index (χ3n) is 3.91. The first-order chi connectivity index (χ1) is 13.5. The molecule has 3 heterocycles. The average Bonchev–Trinajstić information content (AvgIpc) is 3.32. The normalized spacial score (nSPS) is 11.5. The van der Waals surface area contributed by atoms with Crippen LogP contribution in [0.15, 0.2) is 72.0 Å². The number of sulfonamides is 1. The minimum absolute atomic E-state index is 0.0665. The summed E-state index contributed by atoms with van der Waals surface area (Å²) in [6.45, 7) is 0.612. The van der Waals surface area contributed by atoms with Crippen molar-refractivity contribution in [3.05, 3.63) is 78.5 Å². The molecule has 0 amide bonds. The summed E-state index contributed by atoms with van der Waals surface area (Å²) in [4.78, 5) is 3.26. The highest BCUT2D eigenvalue weighted by atomic mass is 32.2. The summed E-state index contributed by atoms with van der Waals surface area (Å²) in [5, 5.41) is 11.1. The van der Waals surface area contributed by atoms with E-state index in [9.17, 15) is 12.8 Å². The highest BCUT2D eigenvalue weighted by Crippen LogP contribution is 2.20. The number of rotatable bonds is 6. The Morgan fingerprint density at radius 1 is 1.11 bits per heavy atom. The van der Waals surface area contributed by atoms with Crippen molar-refractivity contribution in [1.29, 1.82) is 0 Å². The molecule has 0 aliphatic rings. The Bertz CT molecular complexity index is 1200. The summed E-state index contributed by atoms with van der Waals surface area (Å²) in [7, 11) is -4.00. The molecular formula is C18H15FN6O2S. The van der Waals surface area contributed by atoms with Gasteiger partial charge < -0.3 is 0 Å². The van der Waals surface area contributed by atoms with E-state index in [1.54, 1.807) is 10.7 Å². The van der Waals surface area contributed by atoms with E-state index in [0.717, 1.165) is 24.0 Å². The summed E-state index contributed by atoms with van der Waals surface area (Å²) >= 11 is 0. The number of nitrogens with zero attached hydrogens (tertiary/aromatic N) is 4. The fraction of sp³-hybridized carbons (Fsp3) is 0.0556. The SMILES string of the molecule is O=S(=O)(Nc1cc(-c2ccn(Cc3ccccc3)n2)[nH]n1)c1cncc(F)c1. The molecule has 0 bridgehead atoms. The van der Waals surface area contributed by atoms with Crippen LogP contribution >= 0.6 is 0 Å². The number of benzene rings is 1. The maximum atomic E-state index is 13.2. The molecule has 0 aliphatic heterocycles. The highest BCUT2D eigenvalue weighted by Gasteiger charge is 2.18. The average molecular weight is 398 g/mol. The zero-order valence-corrected chi connectivity index (χ0v) is 15.3. The number of H-pyrrole nitrogens is 1. The number of nitrogens with one attached hydrogen (secondary N) is 2. The van der Waals surface area contributed by atoms with Gasteiger partial charge in [0.25, 0.3) is 10.0 Å². The fourth-order valence-corrected chi connectivity index (χ4v) is 3.57. The van der Waals surface area contributed by atoms with Gasteiger partial charge in [0.05, 0.1) is 18.4 Å². The van der Waals surface area contributed by atoms with Crippen molar-refractivity contribution in [3.8, 4) is 11.4 Å². The summed E-state index contributed by atoms with van der Waals surface area (Å²) in [6, 6.07) is 14.1. The van der Waals surface area contributed by atoms with E-state index in [0.29, 0.717) is 17.9 Å². The van der Waals surface area contributed by atoms with Crippen molar-refractivity contribution < 1.29 is 12.8 Å². The minimum atomic E-state index is -4.00. The summed E-state index contributed by atoms with van der Waals surface area (Å²) < 4.78 is 41.9. The smallest absolute Gasteiger partial charge is 0.264 e. The van der Waals surface area contributed by atoms with Crippen LogP contribution in [-0.2, 0) is 16.6 Å². The van der Waals surface area contributed by atoms with Crippen molar-refractivity contribution >= 4 is 15.8 Å². The molecule has 0 atom stereocenters. The van der Waals surface area contributed by atoms with Crippen LogP contribution in [0.3, 0.4) is 0 Å². The number of hydrogen-bond acceptors (Lipinski definition) is 5. The quantitative estimate of drug-likeness (QED) is 0.519. The van der Waals surface area contributed by atoms with Crippen LogP contribution in [0.2, 0.25) is 0 Å². The lowest BCUT2D eigenvalue weighted by atomic mass is 10.2. The molecule has 2 N–H and O–H groups in total. The second kappa shape index (κ2) is 7.24. The predicted octanol–water partition coefficient (Wildman–Crippen LogP) is 2.66. The molecule has 0 fully saturated rings. The van der Waals surface area contributed by atoms with E-state index in [2.05, 4.69) is 25.0 Å². The first-order valence-electron chi connectivity index (χ1n) is 8.26. The molecule has 28 heavy (non-hydrogen) atoms. The third-order valence-corrected chi connectivity index (χ3v) is 5.23. The van der Waals surface area contributed by atoms with Gasteiger partial charge in [-0.1, -0.05) is 30.3 Å². The molecule has 142 valence electrons. The van der Waals surface area contributed by atoms with Gasteiger partial charge in [-0.05, 0) is 17.7 Å². The summed E-state index contributed by atoms with van der Waals surface area (Å²) in [6.07, 6.45) is 3.81. The van der Waals surface area contributed by atoms with E-state index < -0.39 is 15.8 Å². The molecule has 0 unspecified atom stereocenters. The summed E-state index contributed by atoms with van der Waals surface area (Å²) in [5.74, 6) is -0.675. The standard InChI is InChI=1S/C18H15FN6O2S/c19-14-8-15(11-20-10-14)28(26,27)24-18-9-17(21-22-18)16-6-7-25(23-16)12-13-4-2-1-3-5-13/h1-11H,12H2,(H2,21,22,24). The van der Waals surface area contributed by atoms with Gasteiger partial charge >= 0.3 is 0 Å². The molecule has 4 rings (SSSR count). The van der Waals surface area contributed by atoms with Gasteiger partial charge in [-0.3, -0.25) is 19.5 Å². The second-order valence-corrected chi connectivity index (χ2v) is 7.68. The number of hydrogen-bond donors (Lipinski definition) is 2. The van der Waals surface area contributed by atoms with Crippen LogP contribution in [0.4, 0.5) is 10.2 Å². The maximum Gasteiger partial charge on any atom is 0.264 e. The van der Waals surface area contributed by atoms with Gasteiger partial charge in [-0.15, -0.1) is 0 Å². The molecule has 3 aromatic heterocycles. The topological polar surface area (TPSA) is 106 Å². The van der Waals surface area contributed by atoms with Gasteiger partial charge in [0.15, 0.2) is 5.82 Å². The second-order valence-electron chi connectivity index (χ2n) is 6.00. The van der Waals surface area contributed by atoms with Crippen molar-refractivity contribution in [3.63, 3.8) is 0 Å². The molecule has 10 heteroatoms. The van der Waals surface area contributed by atoms with Crippen LogP contribution in [0.25, 0.3) is 11.4 Å². The number of anilines is 1. The number of aromatic nitrogens is 5. The van der Waals surface area contributed by atoms with Crippen molar-refractivity contribution in [1.82, 2.24) is 25.0 Å². The van der Waals surface area contributed by atoms with Crippen molar-refractivity contribution in [2.75, 3.05) is 4.72 Å². The maximum absolute atomic E-state index is 13.2. The molecule has 0 saturated carbocycles. The zero-order valence-electron chi connectivity index (χ0n) is 14.4. The molecule has 0 spiro atoms. The first kappa shape index (κ1) is 17.9. The first-order valence-corrected chi connectivity index (χ1v) is 9.74. The van der Waals surface area contributed by atoms with Crippen LogP contribution < -0.4 is 4.72 Å². The molecule has 8 nitrogen and oxygen atoms in total. The molecule has 4 aromatic rings. The van der Waals surface area contributed by atoms with Crippen molar-refractivity contribution in [2.24, 2.45) is 0 Å². The number of pyridine rings is 1. The Kier molecular flexibility index (Phi) is 4.62. The van der Waals surface area contributed by atoms with E-state index in [-0.39, 0.29) is 10.7 Å². The van der Waals surface area contributed by atoms with Crippen LogP contribution in [0.1, 0.15) is 5.56 Å². The predicted molar refractivity (Wildman–Crippen MR) is 100 cm³/mol. The highest BCUT2D eigenvalue weighted by molar-refractivity contribution is 7.92. The van der Waals surface area contributed by atoms with Gasteiger partial charge in [0, 0.05) is 18.5 Å². The fourth-order valence-electron chi connectivity index (χ4n) is 2.61. The van der Waals surface area contributed by atoms with E-state index in [1.807, 2.05) is 36.5 Å². The van der Waals surface area contributed by atoms with E-state index in [4.69, 9.17) is 0 Å². The van der Waals surface area contributed by atoms with E-state index >= 15 is 0 Å². The van der Waals surface area contributed by atoms with Gasteiger partial charge in [-0.2, -0.15) is 10.2 Å². The Morgan fingerprint density at radius 2 is 1.93 bits per heavy atom. The van der Waals surface area contributed by atoms with Gasteiger partial charge in [0.2, 0.25) is 0 Å². The molecular weight excluding hydrogens is 383 g/mol. The number of aromatic amines is 1. The molecule has 0 aliphatic carbocycles. The van der Waals surface area contributed by atoms with Gasteiger partial charge in [-0.25, -0.2) is 12.8 Å². The van der Waals surface area contributed by atoms with Crippen molar-refractivity contribution in [2.45, 2.75) is 11.4 Å². The Labute approximate surface area is 160 Å². The van der Waals surface area contributed by atoms with Gasteiger partial charge in [0.1, 0.15) is 16.4 Å². The Balaban J connectivity index is 1.50. The van der Waals surface area contributed by atoms with Crippen LogP contribution in [0.5, 0.6) is 0 Å². The molecule has 1 aromatic carbocycles. The summed E-state index contributed by atoms with van der Waals surface area (Å²) in [5.41, 5.74) is 2.27. The van der Waals surface area contributed by atoms with Crippen LogP contribution in [0, 0.1) is 5.82 Å². The molecule has 0 radical (unpaired) electrons. The van der Waals surface area contributed by atoms with E-state index in [1.165, 1.54) is 6.07 Å². The zero-order chi connectivity index (χ0) is 19.6. The lowest BCUT2D eigenvalue weighted by Crippen LogP contribution is -2.13. The lowest BCUT2D eigenvalue weighted by Gasteiger charge is -2.04.